The SMILES string of the molecule is CCc1cccc(C2(C(C)(C)C)CCCCC2)c1. The highest BCUT2D eigenvalue weighted by atomic mass is 14.5. The molecule has 0 saturated heterocycles. The van der Waals surface area contributed by atoms with E-state index in [0.29, 0.717) is 10.8 Å². The molecule has 0 nitrogen and oxygen atoms in total. The average molecular weight is 244 g/mol. The minimum atomic E-state index is 0.361. The average Bonchev–Trinajstić information content (AvgIpc) is 2.38. The summed E-state index contributed by atoms with van der Waals surface area (Å²) >= 11 is 0. The van der Waals surface area contributed by atoms with Crippen molar-refractivity contribution < 1.29 is 0 Å². The largest absolute Gasteiger partial charge is 0.0617 e. The van der Waals surface area contributed by atoms with Gasteiger partial charge in [0, 0.05) is 5.41 Å². The molecule has 1 aliphatic carbocycles. The van der Waals surface area contributed by atoms with Crippen molar-refractivity contribution in [1.82, 2.24) is 0 Å². The van der Waals surface area contributed by atoms with Gasteiger partial charge in [0.25, 0.3) is 0 Å². The van der Waals surface area contributed by atoms with Crippen LogP contribution in [0.5, 0.6) is 0 Å². The molecule has 1 aromatic rings. The minimum Gasteiger partial charge on any atom is -0.0617 e. The van der Waals surface area contributed by atoms with E-state index in [-0.39, 0.29) is 0 Å². The molecule has 0 spiro atoms. The molecule has 0 N–H and O–H groups in total. The van der Waals surface area contributed by atoms with Gasteiger partial charge in [-0.25, -0.2) is 0 Å². The second-order valence-electron chi connectivity index (χ2n) is 6.95. The summed E-state index contributed by atoms with van der Waals surface area (Å²) in [5.41, 5.74) is 3.84. The summed E-state index contributed by atoms with van der Waals surface area (Å²) in [6.45, 7) is 9.54. The highest BCUT2D eigenvalue weighted by Crippen LogP contribution is 2.51. The Morgan fingerprint density at radius 1 is 1.06 bits per heavy atom. The van der Waals surface area contributed by atoms with Crippen molar-refractivity contribution in [2.24, 2.45) is 5.41 Å². The van der Waals surface area contributed by atoms with Gasteiger partial charge in [-0.2, -0.15) is 0 Å². The van der Waals surface area contributed by atoms with Gasteiger partial charge < -0.3 is 0 Å². The van der Waals surface area contributed by atoms with Crippen LogP contribution in [0.25, 0.3) is 0 Å². The normalized spacial score (nSPS) is 19.8. The van der Waals surface area contributed by atoms with Crippen LogP contribution in [0.15, 0.2) is 24.3 Å². The highest BCUT2D eigenvalue weighted by Gasteiger charge is 2.43. The maximum Gasteiger partial charge on any atom is 0.000158 e. The zero-order valence-electron chi connectivity index (χ0n) is 12.6. The van der Waals surface area contributed by atoms with E-state index >= 15 is 0 Å². The Labute approximate surface area is 113 Å². The van der Waals surface area contributed by atoms with Crippen molar-refractivity contribution in [2.75, 3.05) is 0 Å². The Morgan fingerprint density at radius 2 is 1.72 bits per heavy atom. The molecule has 0 amide bonds. The summed E-state index contributed by atoms with van der Waals surface area (Å²) in [6, 6.07) is 9.37. The van der Waals surface area contributed by atoms with Gasteiger partial charge >= 0.3 is 0 Å². The molecule has 0 bridgehead atoms. The summed E-state index contributed by atoms with van der Waals surface area (Å²) in [6.07, 6.45) is 8.09. The van der Waals surface area contributed by atoms with E-state index in [1.54, 1.807) is 5.56 Å². The molecule has 18 heavy (non-hydrogen) atoms. The topological polar surface area (TPSA) is 0 Å². The second kappa shape index (κ2) is 5.07. The predicted octanol–water partition coefficient (Wildman–Crippen LogP) is 5.50. The summed E-state index contributed by atoms with van der Waals surface area (Å²) < 4.78 is 0. The van der Waals surface area contributed by atoms with Crippen LogP contribution in [-0.2, 0) is 11.8 Å². The van der Waals surface area contributed by atoms with Crippen molar-refractivity contribution in [3.63, 3.8) is 0 Å². The molecule has 1 saturated carbocycles. The summed E-state index contributed by atoms with van der Waals surface area (Å²) in [5.74, 6) is 0. The van der Waals surface area contributed by atoms with E-state index in [9.17, 15) is 0 Å². The molecule has 0 unspecified atom stereocenters. The Hall–Kier alpha value is -0.780. The molecule has 0 radical (unpaired) electrons. The van der Waals surface area contributed by atoms with E-state index in [0.717, 1.165) is 6.42 Å². The van der Waals surface area contributed by atoms with E-state index in [1.807, 2.05) is 0 Å². The third kappa shape index (κ3) is 2.35. The van der Waals surface area contributed by atoms with Gasteiger partial charge in [-0.1, -0.05) is 71.2 Å². The fourth-order valence-corrected chi connectivity index (χ4v) is 3.72. The highest BCUT2D eigenvalue weighted by molar-refractivity contribution is 5.32. The molecular weight excluding hydrogens is 216 g/mol. The fourth-order valence-electron chi connectivity index (χ4n) is 3.72. The van der Waals surface area contributed by atoms with E-state index in [2.05, 4.69) is 52.0 Å². The van der Waals surface area contributed by atoms with Crippen LogP contribution in [0.2, 0.25) is 0 Å². The molecule has 2 rings (SSSR count). The van der Waals surface area contributed by atoms with Gasteiger partial charge in [-0.15, -0.1) is 0 Å². The first-order valence-electron chi connectivity index (χ1n) is 7.59. The van der Waals surface area contributed by atoms with Crippen molar-refractivity contribution >= 4 is 0 Å². The molecule has 0 atom stereocenters. The van der Waals surface area contributed by atoms with Gasteiger partial charge in [0.2, 0.25) is 0 Å². The van der Waals surface area contributed by atoms with Crippen LogP contribution in [0.4, 0.5) is 0 Å². The maximum absolute atomic E-state index is 2.47. The second-order valence-corrected chi connectivity index (χ2v) is 6.95. The first kappa shape index (κ1) is 13.6. The van der Waals surface area contributed by atoms with Gasteiger partial charge in [-0.3, -0.25) is 0 Å². The number of aryl methyl sites for hydroxylation is 1. The number of hydrogen-bond donors (Lipinski definition) is 0. The predicted molar refractivity (Wildman–Crippen MR) is 80.0 cm³/mol. The number of hydrogen-bond acceptors (Lipinski definition) is 0. The van der Waals surface area contributed by atoms with Crippen LogP contribution in [0, 0.1) is 5.41 Å². The maximum atomic E-state index is 2.47. The van der Waals surface area contributed by atoms with E-state index < -0.39 is 0 Å². The third-order valence-electron chi connectivity index (χ3n) is 5.03. The van der Waals surface area contributed by atoms with Crippen LogP contribution in [-0.4, -0.2) is 0 Å². The lowest BCUT2D eigenvalue weighted by molar-refractivity contribution is 0.126. The van der Waals surface area contributed by atoms with Gasteiger partial charge in [0.15, 0.2) is 0 Å². The Kier molecular flexibility index (Phi) is 3.84. The molecule has 1 fully saturated rings. The lowest BCUT2D eigenvalue weighted by Crippen LogP contribution is -2.41. The molecule has 0 aliphatic heterocycles. The van der Waals surface area contributed by atoms with Crippen LogP contribution in [0.3, 0.4) is 0 Å². The molecule has 1 aromatic carbocycles. The monoisotopic (exact) mass is 244 g/mol. The zero-order chi connectivity index (χ0) is 13.2. The molecule has 0 heteroatoms. The zero-order valence-corrected chi connectivity index (χ0v) is 12.6. The quantitative estimate of drug-likeness (QED) is 0.644. The molecule has 1 aliphatic rings. The van der Waals surface area contributed by atoms with Crippen molar-refractivity contribution in [2.45, 2.75) is 71.6 Å². The van der Waals surface area contributed by atoms with Crippen LogP contribution < -0.4 is 0 Å². The third-order valence-corrected chi connectivity index (χ3v) is 5.03. The van der Waals surface area contributed by atoms with Crippen molar-refractivity contribution in [1.29, 1.82) is 0 Å². The Bertz CT molecular complexity index is 389. The molecule has 0 heterocycles. The summed E-state index contributed by atoms with van der Waals surface area (Å²) in [7, 11) is 0. The minimum absolute atomic E-state index is 0.361. The first-order valence-corrected chi connectivity index (χ1v) is 7.59. The fraction of sp³-hybridized carbons (Fsp3) is 0.667. The molecule has 0 aromatic heterocycles. The van der Waals surface area contributed by atoms with Gasteiger partial charge in [0.05, 0.1) is 0 Å². The van der Waals surface area contributed by atoms with E-state index in [4.69, 9.17) is 0 Å². The summed E-state index contributed by atoms with van der Waals surface area (Å²) in [5, 5.41) is 0. The lowest BCUT2D eigenvalue weighted by Gasteiger charge is -2.48. The number of rotatable bonds is 2. The Balaban J connectivity index is 2.45. The first-order chi connectivity index (χ1) is 8.49. The molecular formula is C18H28. The van der Waals surface area contributed by atoms with Crippen molar-refractivity contribution in [3.05, 3.63) is 35.4 Å². The Morgan fingerprint density at radius 3 is 2.28 bits per heavy atom. The lowest BCUT2D eigenvalue weighted by atomic mass is 9.56. The summed E-state index contributed by atoms with van der Waals surface area (Å²) in [4.78, 5) is 0. The smallest absolute Gasteiger partial charge is 0.000158 e. The van der Waals surface area contributed by atoms with Gasteiger partial charge in [0.1, 0.15) is 0 Å². The van der Waals surface area contributed by atoms with Crippen LogP contribution in [0.1, 0.15) is 70.9 Å². The van der Waals surface area contributed by atoms with E-state index in [1.165, 1.54) is 37.7 Å². The number of benzene rings is 1. The van der Waals surface area contributed by atoms with Crippen LogP contribution >= 0.6 is 0 Å². The standard InChI is InChI=1S/C18H28/c1-5-15-10-9-11-16(14-15)18(17(2,3)4)12-7-6-8-13-18/h9-11,14H,5-8,12-13H2,1-4H3. The van der Waals surface area contributed by atoms with Crippen molar-refractivity contribution in [3.8, 4) is 0 Å². The van der Waals surface area contributed by atoms with Gasteiger partial charge in [-0.05, 0) is 35.8 Å². The molecule has 100 valence electrons.